The molecule has 2 N–H and O–H groups in total. The van der Waals surface area contributed by atoms with Crippen molar-refractivity contribution in [2.45, 2.75) is 34.6 Å². The van der Waals surface area contributed by atoms with Crippen molar-refractivity contribution in [2.75, 3.05) is 0 Å². The molecule has 0 radical (unpaired) electrons. The van der Waals surface area contributed by atoms with Gasteiger partial charge in [0.15, 0.2) is 0 Å². The fraction of sp³-hybridized carbons (Fsp3) is 0.385. The first kappa shape index (κ1) is 15.2. The molecule has 0 aromatic heterocycles. The molecule has 0 amide bonds. The van der Waals surface area contributed by atoms with Gasteiger partial charge in [-0.15, -0.1) is 0 Å². The maximum atomic E-state index is 5.38. The summed E-state index contributed by atoms with van der Waals surface area (Å²) in [5.74, 6) is 0. The summed E-state index contributed by atoms with van der Waals surface area (Å²) in [6, 6.07) is 8.02. The summed E-state index contributed by atoms with van der Waals surface area (Å²) in [6.45, 7) is 10.0. The molecular formula is C13H23N. The van der Waals surface area contributed by atoms with Crippen LogP contribution < -0.4 is 16.2 Å². The molecular weight excluding hydrogens is 170 g/mol. The van der Waals surface area contributed by atoms with Crippen molar-refractivity contribution in [3.63, 3.8) is 0 Å². The highest BCUT2D eigenvalue weighted by Gasteiger charge is 1.77. The van der Waals surface area contributed by atoms with Gasteiger partial charge in [0.05, 0.1) is 0 Å². The minimum absolute atomic E-state index is 1.09. The van der Waals surface area contributed by atoms with Gasteiger partial charge in [-0.1, -0.05) is 58.0 Å². The molecule has 0 atom stereocenters. The predicted octanol–water partition coefficient (Wildman–Crippen LogP) is 2.24. The van der Waals surface area contributed by atoms with E-state index in [-0.39, 0.29) is 0 Å². The zero-order chi connectivity index (χ0) is 11.4. The fourth-order valence-electron chi connectivity index (χ4n) is 0.926. The van der Waals surface area contributed by atoms with Crippen LogP contribution in [0.4, 0.5) is 0 Å². The van der Waals surface area contributed by atoms with E-state index in [1.807, 2.05) is 65.0 Å². The van der Waals surface area contributed by atoms with E-state index in [0.717, 1.165) is 5.22 Å². The van der Waals surface area contributed by atoms with Crippen LogP contribution in [0.3, 0.4) is 0 Å². The van der Waals surface area contributed by atoms with Crippen LogP contribution in [0.2, 0.25) is 0 Å². The summed E-state index contributed by atoms with van der Waals surface area (Å²) in [5, 5.41) is 2.27. The summed E-state index contributed by atoms with van der Waals surface area (Å²) >= 11 is 0. The first-order chi connectivity index (χ1) is 6.88. The van der Waals surface area contributed by atoms with Crippen LogP contribution in [0.15, 0.2) is 24.3 Å². The van der Waals surface area contributed by atoms with Crippen LogP contribution in [-0.2, 0) is 0 Å². The molecule has 1 aromatic rings. The number of nitrogens with two attached hydrogens (primary N) is 1. The van der Waals surface area contributed by atoms with Gasteiger partial charge < -0.3 is 5.73 Å². The second-order valence-corrected chi connectivity index (χ2v) is 2.08. The minimum Gasteiger partial charge on any atom is -0.404 e. The molecule has 0 bridgehead atoms. The zero-order valence-corrected chi connectivity index (χ0v) is 10.0. The Balaban J connectivity index is 0. The molecule has 0 fully saturated rings. The minimum atomic E-state index is 1.09. The molecule has 1 nitrogen and oxygen atoms in total. The van der Waals surface area contributed by atoms with E-state index in [4.69, 9.17) is 5.73 Å². The standard InChI is InChI=1S/C9H11N.2C2H6/c1-2-8-5-3-4-6-9(8)7-10;2*1-2/h2-7H,10H2,1H3;2*1-2H3/b8-2-,9-7-;;. The van der Waals surface area contributed by atoms with E-state index in [9.17, 15) is 0 Å². The Labute approximate surface area is 88.0 Å². The smallest absolute Gasteiger partial charge is 0.00174 e. The number of hydrogen-bond donors (Lipinski definition) is 1. The molecule has 0 aliphatic rings. The van der Waals surface area contributed by atoms with Crippen LogP contribution in [-0.4, -0.2) is 0 Å². The largest absolute Gasteiger partial charge is 0.404 e. The van der Waals surface area contributed by atoms with Gasteiger partial charge in [0.1, 0.15) is 0 Å². The summed E-state index contributed by atoms with van der Waals surface area (Å²) in [4.78, 5) is 0. The van der Waals surface area contributed by atoms with Crippen molar-refractivity contribution in [3.05, 3.63) is 34.7 Å². The second-order valence-electron chi connectivity index (χ2n) is 2.08. The summed E-state index contributed by atoms with van der Waals surface area (Å²) < 4.78 is 0. The highest BCUT2D eigenvalue weighted by atomic mass is 14.5. The molecule has 0 aliphatic heterocycles. The fourth-order valence-corrected chi connectivity index (χ4v) is 0.926. The number of rotatable bonds is 0. The molecule has 1 heteroatoms. The van der Waals surface area contributed by atoms with Crippen molar-refractivity contribution in [3.8, 4) is 0 Å². The maximum absolute atomic E-state index is 5.38. The quantitative estimate of drug-likeness (QED) is 0.672. The summed E-state index contributed by atoms with van der Waals surface area (Å²) in [5.41, 5.74) is 5.38. The Morgan fingerprint density at radius 1 is 0.929 bits per heavy atom. The van der Waals surface area contributed by atoms with E-state index >= 15 is 0 Å². The first-order valence-electron chi connectivity index (χ1n) is 5.32. The molecule has 1 aromatic carbocycles. The first-order valence-corrected chi connectivity index (χ1v) is 5.32. The molecule has 0 heterocycles. The molecule has 0 aliphatic carbocycles. The Morgan fingerprint density at radius 2 is 1.36 bits per heavy atom. The normalized spacial score (nSPS) is 10.9. The maximum Gasteiger partial charge on any atom is 0.00174 e. The second kappa shape index (κ2) is 11.8. The van der Waals surface area contributed by atoms with Gasteiger partial charge in [-0.2, -0.15) is 0 Å². The molecule has 1 rings (SSSR count). The van der Waals surface area contributed by atoms with Gasteiger partial charge >= 0.3 is 0 Å². The van der Waals surface area contributed by atoms with Gasteiger partial charge in [0.2, 0.25) is 0 Å². The molecule has 14 heavy (non-hydrogen) atoms. The number of benzene rings is 1. The van der Waals surface area contributed by atoms with Gasteiger partial charge in [0, 0.05) is 6.20 Å². The lowest BCUT2D eigenvalue weighted by molar-refractivity contribution is 1.48. The van der Waals surface area contributed by atoms with Crippen molar-refractivity contribution in [1.29, 1.82) is 0 Å². The topological polar surface area (TPSA) is 26.0 Å². The lowest BCUT2D eigenvalue weighted by Crippen LogP contribution is -2.24. The molecule has 0 unspecified atom stereocenters. The van der Waals surface area contributed by atoms with Crippen molar-refractivity contribution in [1.82, 2.24) is 0 Å². The Hall–Kier alpha value is -1.24. The molecule has 80 valence electrons. The van der Waals surface area contributed by atoms with Crippen LogP contribution in [0.25, 0.3) is 12.3 Å². The lowest BCUT2D eigenvalue weighted by Gasteiger charge is -1.85. The van der Waals surface area contributed by atoms with E-state index in [0.29, 0.717) is 0 Å². The number of hydrogen-bond acceptors (Lipinski definition) is 1. The summed E-state index contributed by atoms with van der Waals surface area (Å²) in [6.07, 6.45) is 3.66. The zero-order valence-electron chi connectivity index (χ0n) is 10.0. The van der Waals surface area contributed by atoms with Crippen LogP contribution >= 0.6 is 0 Å². The van der Waals surface area contributed by atoms with Crippen LogP contribution in [0.5, 0.6) is 0 Å². The van der Waals surface area contributed by atoms with E-state index in [1.165, 1.54) is 5.22 Å². The lowest BCUT2D eigenvalue weighted by atomic mass is 10.2. The third kappa shape index (κ3) is 5.41. The van der Waals surface area contributed by atoms with Gasteiger partial charge in [-0.25, -0.2) is 0 Å². The van der Waals surface area contributed by atoms with E-state index in [1.54, 1.807) is 6.20 Å². The van der Waals surface area contributed by atoms with E-state index in [2.05, 4.69) is 0 Å². The van der Waals surface area contributed by atoms with Crippen LogP contribution in [0.1, 0.15) is 34.6 Å². The third-order valence-corrected chi connectivity index (χ3v) is 1.49. The molecule has 0 spiro atoms. The summed E-state index contributed by atoms with van der Waals surface area (Å²) in [7, 11) is 0. The Bertz CT molecular complexity index is 279. The van der Waals surface area contributed by atoms with Gasteiger partial charge in [0.25, 0.3) is 0 Å². The van der Waals surface area contributed by atoms with Gasteiger partial charge in [-0.05, 0) is 17.4 Å². The van der Waals surface area contributed by atoms with Crippen LogP contribution in [0, 0.1) is 0 Å². The SMILES string of the molecule is C/C=c1/cccc/c1=C/N.CC.CC. The Morgan fingerprint density at radius 3 is 1.64 bits per heavy atom. The molecule has 0 saturated carbocycles. The highest BCUT2D eigenvalue weighted by molar-refractivity contribution is 5.27. The van der Waals surface area contributed by atoms with Crippen molar-refractivity contribution >= 4 is 12.3 Å². The average molecular weight is 193 g/mol. The third-order valence-electron chi connectivity index (χ3n) is 1.49. The highest BCUT2D eigenvalue weighted by Crippen LogP contribution is 1.69. The average Bonchev–Trinajstić information content (AvgIpc) is 2.34. The predicted molar refractivity (Wildman–Crippen MR) is 67.2 cm³/mol. The molecule has 0 saturated heterocycles. The monoisotopic (exact) mass is 193 g/mol. The van der Waals surface area contributed by atoms with E-state index < -0.39 is 0 Å². The Kier molecular flexibility index (Phi) is 12.8. The van der Waals surface area contributed by atoms with Crippen molar-refractivity contribution < 1.29 is 0 Å². The van der Waals surface area contributed by atoms with Crippen molar-refractivity contribution in [2.24, 2.45) is 5.73 Å². The van der Waals surface area contributed by atoms with Gasteiger partial charge in [-0.3, -0.25) is 0 Å².